The van der Waals surface area contributed by atoms with Crippen LogP contribution >= 0.6 is 0 Å². The largest absolute Gasteiger partial charge is 0.444 e. The lowest BCUT2D eigenvalue weighted by Gasteiger charge is -2.21. The maximum atomic E-state index is 14.5. The number of carbonyl (C=O) groups is 3. The van der Waals surface area contributed by atoms with Gasteiger partial charge in [-0.1, -0.05) is 42.5 Å². The summed E-state index contributed by atoms with van der Waals surface area (Å²) in [5.74, 6) is -1.46. The molecular weight excluding hydrogens is 499 g/mol. The van der Waals surface area contributed by atoms with E-state index in [1.807, 2.05) is 0 Å². The van der Waals surface area contributed by atoms with Crippen LogP contribution in [0.1, 0.15) is 37.6 Å². The molecular formula is C30H27FN4O4. The van der Waals surface area contributed by atoms with Gasteiger partial charge in [0, 0.05) is 29.1 Å². The molecule has 2 N–H and O–H groups in total. The van der Waals surface area contributed by atoms with E-state index in [2.05, 4.69) is 20.6 Å². The Morgan fingerprint density at radius 2 is 1.67 bits per heavy atom. The molecule has 4 aromatic rings. The van der Waals surface area contributed by atoms with Crippen molar-refractivity contribution in [2.75, 3.05) is 10.6 Å². The molecule has 1 aromatic heterocycles. The Morgan fingerprint density at radius 3 is 2.38 bits per heavy atom. The Balaban J connectivity index is 1.56. The van der Waals surface area contributed by atoms with Crippen molar-refractivity contribution in [3.8, 4) is 22.4 Å². The summed E-state index contributed by atoms with van der Waals surface area (Å²) < 4.78 is 19.8. The first kappa shape index (κ1) is 27.1. The first-order valence-electron chi connectivity index (χ1n) is 12.2. The lowest BCUT2D eigenvalue weighted by atomic mass is 10.0. The van der Waals surface area contributed by atoms with E-state index in [9.17, 15) is 18.8 Å². The summed E-state index contributed by atoms with van der Waals surface area (Å²) in [7, 11) is 0. The van der Waals surface area contributed by atoms with Gasteiger partial charge in [-0.2, -0.15) is 0 Å². The smallest absolute Gasteiger partial charge is 0.412 e. The van der Waals surface area contributed by atoms with Gasteiger partial charge in [0.1, 0.15) is 11.4 Å². The number of amides is 2. The number of ether oxygens (including phenoxy) is 1. The van der Waals surface area contributed by atoms with Gasteiger partial charge in [0.2, 0.25) is 5.91 Å². The highest BCUT2D eigenvalue weighted by Gasteiger charge is 2.20. The molecule has 0 atom stereocenters. The van der Waals surface area contributed by atoms with Crippen LogP contribution in [0.3, 0.4) is 0 Å². The molecule has 2 amide bonds. The van der Waals surface area contributed by atoms with Gasteiger partial charge < -0.3 is 10.1 Å². The topological polar surface area (TPSA) is 110 Å². The number of benzene rings is 3. The molecule has 0 saturated carbocycles. The third-order valence-electron chi connectivity index (χ3n) is 5.48. The number of carbonyl (C=O) groups excluding carboxylic acids is 3. The number of anilines is 2. The Hall–Kier alpha value is -4.92. The Kier molecular flexibility index (Phi) is 8.10. The molecule has 0 saturated heterocycles. The molecule has 0 aliphatic heterocycles. The fraction of sp³-hybridized carbons (Fsp3) is 0.167. The number of ketones is 1. The van der Waals surface area contributed by atoms with Crippen LogP contribution in [0, 0.1) is 5.82 Å². The fourth-order valence-corrected chi connectivity index (χ4v) is 3.78. The molecule has 198 valence electrons. The van der Waals surface area contributed by atoms with E-state index in [-0.39, 0.29) is 11.4 Å². The number of rotatable bonds is 7. The van der Waals surface area contributed by atoms with Gasteiger partial charge in [0.05, 0.1) is 29.7 Å². The molecule has 8 nitrogen and oxygen atoms in total. The van der Waals surface area contributed by atoms with E-state index in [1.54, 1.807) is 87.9 Å². The van der Waals surface area contributed by atoms with Crippen molar-refractivity contribution in [2.24, 2.45) is 0 Å². The summed E-state index contributed by atoms with van der Waals surface area (Å²) in [4.78, 5) is 46.6. The van der Waals surface area contributed by atoms with Crippen molar-refractivity contribution < 1.29 is 23.5 Å². The monoisotopic (exact) mass is 526 g/mol. The molecule has 0 unspecified atom stereocenters. The average Bonchev–Trinajstić information content (AvgIpc) is 2.89. The van der Waals surface area contributed by atoms with Crippen molar-refractivity contribution in [3.63, 3.8) is 0 Å². The van der Waals surface area contributed by atoms with Gasteiger partial charge in [-0.25, -0.2) is 9.18 Å². The molecule has 0 fully saturated rings. The third-order valence-corrected chi connectivity index (χ3v) is 5.48. The van der Waals surface area contributed by atoms with Crippen molar-refractivity contribution >= 4 is 29.2 Å². The Morgan fingerprint density at radius 1 is 0.872 bits per heavy atom. The molecule has 1 heterocycles. The van der Waals surface area contributed by atoms with E-state index in [1.165, 1.54) is 18.2 Å². The van der Waals surface area contributed by atoms with Crippen molar-refractivity contribution in [1.82, 2.24) is 9.97 Å². The molecule has 39 heavy (non-hydrogen) atoms. The molecule has 0 aliphatic rings. The summed E-state index contributed by atoms with van der Waals surface area (Å²) >= 11 is 0. The summed E-state index contributed by atoms with van der Waals surface area (Å²) in [5.41, 5.74) is 2.08. The fourth-order valence-electron chi connectivity index (χ4n) is 3.78. The maximum Gasteiger partial charge on any atom is 0.412 e. The predicted molar refractivity (Wildman–Crippen MR) is 147 cm³/mol. The highest BCUT2D eigenvalue weighted by Crippen LogP contribution is 2.31. The number of halogens is 1. The number of hydrogen-bond donors (Lipinski definition) is 2. The van der Waals surface area contributed by atoms with Crippen LogP contribution in [0.4, 0.5) is 20.6 Å². The van der Waals surface area contributed by atoms with E-state index in [4.69, 9.17) is 4.74 Å². The Bertz CT molecular complexity index is 1520. The lowest BCUT2D eigenvalue weighted by Crippen LogP contribution is -2.27. The number of Topliss-reactive ketones (excluding diaryl/α,β-unsaturated/α-hetero) is 1. The van der Waals surface area contributed by atoms with Crippen LogP contribution in [-0.2, 0) is 9.53 Å². The van der Waals surface area contributed by atoms with Gasteiger partial charge in [0.15, 0.2) is 5.78 Å². The van der Waals surface area contributed by atoms with E-state index < -0.39 is 35.6 Å². The SMILES string of the molecule is CC(C)(C)OC(=O)Nc1ccc(-c2ccccc2F)cc1NC(=O)CC(=O)c1cccc(-c2cnccn2)c1. The van der Waals surface area contributed by atoms with Gasteiger partial charge in [-0.15, -0.1) is 0 Å². The minimum atomic E-state index is -0.743. The van der Waals surface area contributed by atoms with Crippen LogP contribution in [0.2, 0.25) is 0 Å². The zero-order chi connectivity index (χ0) is 28.0. The summed E-state index contributed by atoms with van der Waals surface area (Å²) in [6.07, 6.45) is 3.50. The first-order chi connectivity index (χ1) is 18.6. The molecule has 3 aromatic carbocycles. The number of nitrogens with one attached hydrogen (secondary N) is 2. The minimum absolute atomic E-state index is 0.188. The Labute approximate surface area is 225 Å². The van der Waals surface area contributed by atoms with E-state index in [0.717, 1.165) is 0 Å². The van der Waals surface area contributed by atoms with Crippen LogP contribution in [-0.4, -0.2) is 33.4 Å². The highest BCUT2D eigenvalue weighted by molar-refractivity contribution is 6.12. The molecule has 0 spiro atoms. The second kappa shape index (κ2) is 11.6. The van der Waals surface area contributed by atoms with Crippen LogP contribution in [0.15, 0.2) is 85.3 Å². The lowest BCUT2D eigenvalue weighted by molar-refractivity contribution is -0.115. The standard InChI is InChI=1S/C30H27FN4O4/c1-30(2,3)39-29(38)35-24-12-11-19(22-9-4-5-10-23(22)31)16-25(24)34-28(37)17-27(36)21-8-6-7-20(15-21)26-18-32-13-14-33-26/h4-16,18H,17H2,1-3H3,(H,34,37)(H,35,38). The normalized spacial score (nSPS) is 11.0. The quantitative estimate of drug-likeness (QED) is 0.210. The summed E-state index contributed by atoms with van der Waals surface area (Å²) in [6, 6.07) is 17.6. The first-order valence-corrected chi connectivity index (χ1v) is 12.2. The second-order valence-electron chi connectivity index (χ2n) is 9.69. The second-order valence-corrected chi connectivity index (χ2v) is 9.69. The molecule has 9 heteroatoms. The molecule has 4 rings (SSSR count). The predicted octanol–water partition coefficient (Wildman–Crippen LogP) is 6.51. The van der Waals surface area contributed by atoms with Crippen LogP contribution < -0.4 is 10.6 Å². The number of hydrogen-bond acceptors (Lipinski definition) is 6. The van der Waals surface area contributed by atoms with Crippen LogP contribution in [0.25, 0.3) is 22.4 Å². The molecule has 0 bridgehead atoms. The van der Waals surface area contributed by atoms with Crippen molar-refractivity contribution in [3.05, 3.63) is 96.7 Å². The third kappa shape index (κ3) is 7.32. The van der Waals surface area contributed by atoms with Crippen molar-refractivity contribution in [2.45, 2.75) is 32.8 Å². The van der Waals surface area contributed by atoms with E-state index >= 15 is 0 Å². The number of nitrogens with zero attached hydrogens (tertiary/aromatic N) is 2. The van der Waals surface area contributed by atoms with Gasteiger partial charge in [0.25, 0.3) is 0 Å². The minimum Gasteiger partial charge on any atom is -0.444 e. The maximum absolute atomic E-state index is 14.5. The van der Waals surface area contributed by atoms with Gasteiger partial charge >= 0.3 is 6.09 Å². The number of aromatic nitrogens is 2. The summed E-state index contributed by atoms with van der Waals surface area (Å²) in [5, 5.41) is 5.29. The molecule has 0 aliphatic carbocycles. The average molecular weight is 527 g/mol. The zero-order valence-corrected chi connectivity index (χ0v) is 21.7. The highest BCUT2D eigenvalue weighted by atomic mass is 19.1. The van der Waals surface area contributed by atoms with Crippen molar-refractivity contribution in [1.29, 1.82) is 0 Å². The van der Waals surface area contributed by atoms with E-state index in [0.29, 0.717) is 27.9 Å². The molecule has 0 radical (unpaired) electrons. The van der Waals surface area contributed by atoms with Crippen LogP contribution in [0.5, 0.6) is 0 Å². The van der Waals surface area contributed by atoms with Gasteiger partial charge in [-0.05, 0) is 50.6 Å². The van der Waals surface area contributed by atoms with Gasteiger partial charge in [-0.3, -0.25) is 24.9 Å². The summed E-state index contributed by atoms with van der Waals surface area (Å²) in [6.45, 7) is 5.17. The zero-order valence-electron chi connectivity index (χ0n) is 21.7.